The Kier molecular flexibility index (Phi) is 7.20. The van der Waals surface area contributed by atoms with Gasteiger partial charge in [-0.15, -0.1) is 0 Å². The third-order valence-corrected chi connectivity index (χ3v) is 10.5. The quantitative estimate of drug-likeness (QED) is 0.300. The molecule has 0 bridgehead atoms. The fourth-order valence-electron chi connectivity index (χ4n) is 6.37. The second kappa shape index (κ2) is 10.3. The summed E-state index contributed by atoms with van der Waals surface area (Å²) in [6, 6.07) is 45.6. The summed E-state index contributed by atoms with van der Waals surface area (Å²) in [6.07, 6.45) is 0. The third kappa shape index (κ3) is 3.75. The standard InChI is InChI=1S/2C17H11.CH4.2ClH.V/c2*1-3-7-15-12(5-1)9-10-14-11-13-6-2-4-8-16(13)17(14)15;;;;/h2*1-11H;1H4;2*1H;/q;;;;;+2/p-2. The third-order valence-electron chi connectivity index (χ3n) is 7.86. The Balaban J connectivity index is 0.000000980. The molecule has 0 spiro atoms. The first-order chi connectivity index (χ1) is 17.4. The van der Waals surface area contributed by atoms with Gasteiger partial charge in [0.1, 0.15) is 0 Å². The number of halogens is 2. The van der Waals surface area contributed by atoms with Crippen LogP contribution in [0.2, 0.25) is 0 Å². The topological polar surface area (TPSA) is 0 Å². The molecule has 0 aliphatic heterocycles. The molecular weight excluding hydrogens is 542 g/mol. The van der Waals surface area contributed by atoms with Crippen LogP contribution in [0.1, 0.15) is 38.9 Å². The van der Waals surface area contributed by atoms with Gasteiger partial charge in [0.15, 0.2) is 0 Å². The summed E-state index contributed by atoms with van der Waals surface area (Å²) in [5.41, 5.74) is 11.9. The van der Waals surface area contributed by atoms with E-state index in [1.165, 1.54) is 66.1 Å². The van der Waals surface area contributed by atoms with Gasteiger partial charge >= 0.3 is 213 Å². The van der Waals surface area contributed by atoms with Crippen LogP contribution in [0.15, 0.2) is 121 Å². The zero-order valence-corrected chi connectivity index (χ0v) is 22.8. The Morgan fingerprint density at radius 2 is 0.789 bits per heavy atom. The van der Waals surface area contributed by atoms with Crippen molar-refractivity contribution in [2.24, 2.45) is 0 Å². The van der Waals surface area contributed by atoms with E-state index in [-0.39, 0.29) is 48.5 Å². The van der Waals surface area contributed by atoms with Gasteiger partial charge in [0.25, 0.3) is 0 Å². The van der Waals surface area contributed by atoms with Crippen LogP contribution in [-0.2, 0) is 16.3 Å². The van der Waals surface area contributed by atoms with Crippen LogP contribution >= 0.6 is 0 Å². The molecule has 0 fully saturated rings. The first-order valence-corrected chi connectivity index (χ1v) is 13.9. The van der Waals surface area contributed by atoms with Gasteiger partial charge in [-0.3, -0.25) is 0 Å². The molecule has 2 aliphatic rings. The van der Waals surface area contributed by atoms with E-state index in [2.05, 4.69) is 121 Å². The normalized spacial score (nSPS) is 15.7. The number of fused-ring (bicyclic) bond motifs is 10. The van der Waals surface area contributed by atoms with Gasteiger partial charge < -0.3 is 24.8 Å². The molecule has 0 nitrogen and oxygen atoms in total. The van der Waals surface area contributed by atoms with Crippen LogP contribution < -0.4 is 24.8 Å². The molecule has 185 valence electrons. The Labute approximate surface area is 244 Å². The van der Waals surface area contributed by atoms with Crippen molar-refractivity contribution in [2.45, 2.75) is 16.7 Å². The van der Waals surface area contributed by atoms with Crippen molar-refractivity contribution in [3.8, 4) is 22.3 Å². The minimum atomic E-state index is -0.0535. The molecule has 6 aromatic rings. The molecule has 6 aromatic carbocycles. The zero-order chi connectivity index (χ0) is 22.9. The van der Waals surface area contributed by atoms with Gasteiger partial charge in [0.05, 0.1) is 0 Å². The van der Waals surface area contributed by atoms with E-state index in [9.17, 15) is 0 Å². The van der Waals surface area contributed by atoms with E-state index >= 15 is 0 Å². The van der Waals surface area contributed by atoms with E-state index in [1.807, 2.05) is 0 Å². The van der Waals surface area contributed by atoms with Crippen molar-refractivity contribution < 1.29 is 41.1 Å². The fourth-order valence-corrected chi connectivity index (χ4v) is 9.21. The summed E-state index contributed by atoms with van der Waals surface area (Å²) in [7, 11) is 0. The van der Waals surface area contributed by atoms with Crippen molar-refractivity contribution in [1.82, 2.24) is 0 Å². The monoisotopic (exact) mass is 567 g/mol. The predicted molar refractivity (Wildman–Crippen MR) is 149 cm³/mol. The van der Waals surface area contributed by atoms with Crippen LogP contribution in [0.25, 0.3) is 43.8 Å². The van der Waals surface area contributed by atoms with E-state index in [4.69, 9.17) is 0 Å². The molecule has 0 radical (unpaired) electrons. The van der Waals surface area contributed by atoms with E-state index in [1.54, 1.807) is 0 Å². The number of hydrogen-bond donors (Lipinski definition) is 0. The molecule has 2 aliphatic carbocycles. The molecule has 3 heteroatoms. The van der Waals surface area contributed by atoms with Crippen molar-refractivity contribution in [3.05, 3.63) is 144 Å². The minimum absolute atomic E-state index is 0. The Morgan fingerprint density at radius 1 is 0.395 bits per heavy atom. The molecule has 0 saturated carbocycles. The summed E-state index contributed by atoms with van der Waals surface area (Å²) in [5.74, 6) is 0. The van der Waals surface area contributed by atoms with Crippen molar-refractivity contribution in [2.75, 3.05) is 0 Å². The van der Waals surface area contributed by atoms with Gasteiger partial charge in [-0.1, -0.05) is 7.43 Å². The van der Waals surface area contributed by atoms with Crippen LogP contribution in [0.3, 0.4) is 0 Å². The molecule has 0 heterocycles. The Morgan fingerprint density at radius 3 is 1.26 bits per heavy atom. The second-order valence-corrected chi connectivity index (χ2v) is 11.7. The maximum absolute atomic E-state index is 2.42. The summed E-state index contributed by atoms with van der Waals surface area (Å²) in [4.78, 5) is 0. The first kappa shape index (κ1) is 26.6. The summed E-state index contributed by atoms with van der Waals surface area (Å²) < 4.78 is 0.968. The predicted octanol–water partition coefficient (Wildman–Crippen LogP) is 3.56. The first-order valence-electron chi connectivity index (χ1n) is 12.3. The Hall–Kier alpha value is -3.00. The SMILES string of the molecule is C.[Cl-].[Cl-].c1ccc2c(c1)-c1c(ccc3ccccc13)[CH]2[V+2][CH]1c2ccccc2-c2c1ccc1ccccc21. The van der Waals surface area contributed by atoms with E-state index in [0.29, 0.717) is 9.26 Å². The fraction of sp³-hybridized carbons (Fsp3) is 0.0857. The molecule has 38 heavy (non-hydrogen) atoms. The molecule has 0 saturated heterocycles. The van der Waals surface area contributed by atoms with Crippen molar-refractivity contribution in [1.29, 1.82) is 0 Å². The number of benzene rings is 6. The number of hydrogen-bond acceptors (Lipinski definition) is 0. The van der Waals surface area contributed by atoms with Crippen LogP contribution in [0, 0.1) is 0 Å². The van der Waals surface area contributed by atoms with Gasteiger partial charge in [-0.2, -0.15) is 0 Å². The van der Waals surface area contributed by atoms with Crippen molar-refractivity contribution >= 4 is 21.5 Å². The van der Waals surface area contributed by atoms with Crippen molar-refractivity contribution in [3.63, 3.8) is 0 Å². The molecule has 8 rings (SSSR count). The molecule has 0 N–H and O–H groups in total. The number of rotatable bonds is 2. The average Bonchev–Trinajstić information content (AvgIpc) is 3.42. The molecule has 2 unspecified atom stereocenters. The summed E-state index contributed by atoms with van der Waals surface area (Å²) >= 11 is -0.0535. The molecular formula is C35H26Cl2V. The maximum atomic E-state index is 2.42. The summed E-state index contributed by atoms with van der Waals surface area (Å²) in [6.45, 7) is 0. The van der Waals surface area contributed by atoms with Gasteiger partial charge in [-0.25, -0.2) is 0 Å². The van der Waals surface area contributed by atoms with Crippen LogP contribution in [0.5, 0.6) is 0 Å². The van der Waals surface area contributed by atoms with E-state index < -0.39 is 0 Å². The van der Waals surface area contributed by atoms with Gasteiger partial charge in [-0.05, 0) is 0 Å². The average molecular weight is 568 g/mol. The zero-order valence-electron chi connectivity index (χ0n) is 19.9. The molecule has 0 aromatic heterocycles. The molecule has 0 amide bonds. The van der Waals surface area contributed by atoms with Crippen LogP contribution in [-0.4, -0.2) is 0 Å². The van der Waals surface area contributed by atoms with Crippen LogP contribution in [0.4, 0.5) is 0 Å². The Bertz CT molecular complexity index is 1670. The van der Waals surface area contributed by atoms with Gasteiger partial charge in [0, 0.05) is 0 Å². The second-order valence-electron chi connectivity index (χ2n) is 9.63. The van der Waals surface area contributed by atoms with E-state index in [0.717, 1.165) is 0 Å². The molecule has 2 atom stereocenters. The summed E-state index contributed by atoms with van der Waals surface area (Å²) in [5, 5.41) is 5.45. The van der Waals surface area contributed by atoms with Gasteiger partial charge in [0.2, 0.25) is 0 Å².